The van der Waals surface area contributed by atoms with Crippen molar-refractivity contribution in [1.82, 2.24) is 4.90 Å². The number of aryl methyl sites for hydroxylation is 1. The fourth-order valence-corrected chi connectivity index (χ4v) is 3.67. The highest BCUT2D eigenvalue weighted by Gasteiger charge is 2.40. The van der Waals surface area contributed by atoms with Gasteiger partial charge in [0.25, 0.3) is 0 Å². The van der Waals surface area contributed by atoms with Crippen molar-refractivity contribution in [2.75, 3.05) is 11.9 Å². The topological polar surface area (TPSA) is 56.1 Å². The van der Waals surface area contributed by atoms with Crippen LogP contribution in [0.1, 0.15) is 30.4 Å². The standard InChI is InChI=1S/C17H17ClF3N3O/c18-12-4-6-15(12)24(8-7-22)16(25)13-5-2-10-1-3-11(17(19,20)21)9-14(10)23-13/h1,3,9,12-13,15,23H,2,4-6,8H2. The third kappa shape index (κ3) is 3.54. The number of halogens is 4. The second-order valence-electron chi connectivity index (χ2n) is 6.39. The van der Waals surface area contributed by atoms with E-state index in [4.69, 9.17) is 16.9 Å². The van der Waals surface area contributed by atoms with Gasteiger partial charge in [-0.1, -0.05) is 6.07 Å². The molecule has 1 aromatic rings. The molecule has 1 amide bonds. The number of hydrogen-bond donors (Lipinski definition) is 1. The van der Waals surface area contributed by atoms with E-state index in [-0.39, 0.29) is 23.9 Å². The number of nitrogens with zero attached hydrogens (tertiary/aromatic N) is 2. The summed E-state index contributed by atoms with van der Waals surface area (Å²) < 4.78 is 38.7. The van der Waals surface area contributed by atoms with Gasteiger partial charge in [0, 0.05) is 11.7 Å². The summed E-state index contributed by atoms with van der Waals surface area (Å²) in [4.78, 5) is 14.2. The van der Waals surface area contributed by atoms with E-state index in [0.717, 1.165) is 30.5 Å². The Balaban J connectivity index is 1.79. The van der Waals surface area contributed by atoms with Gasteiger partial charge >= 0.3 is 6.18 Å². The van der Waals surface area contributed by atoms with Gasteiger partial charge in [0.05, 0.1) is 17.0 Å². The van der Waals surface area contributed by atoms with Crippen LogP contribution in [0.25, 0.3) is 0 Å². The predicted molar refractivity (Wildman–Crippen MR) is 87.2 cm³/mol. The van der Waals surface area contributed by atoms with Crippen molar-refractivity contribution in [3.05, 3.63) is 29.3 Å². The molecule has 1 aliphatic heterocycles. The normalized spacial score (nSPS) is 25.2. The molecular formula is C17H17ClF3N3O. The Morgan fingerprint density at radius 3 is 2.68 bits per heavy atom. The van der Waals surface area contributed by atoms with Crippen LogP contribution in [-0.2, 0) is 17.4 Å². The summed E-state index contributed by atoms with van der Waals surface area (Å²) in [5, 5.41) is 11.7. The zero-order valence-electron chi connectivity index (χ0n) is 13.3. The Morgan fingerprint density at radius 2 is 2.12 bits per heavy atom. The molecule has 0 radical (unpaired) electrons. The van der Waals surface area contributed by atoms with Gasteiger partial charge in [-0.05, 0) is 43.4 Å². The summed E-state index contributed by atoms with van der Waals surface area (Å²) >= 11 is 6.13. The molecule has 1 saturated carbocycles. The largest absolute Gasteiger partial charge is 0.416 e. The van der Waals surface area contributed by atoms with Gasteiger partial charge < -0.3 is 10.2 Å². The molecule has 4 nitrogen and oxygen atoms in total. The fraction of sp³-hybridized carbons (Fsp3) is 0.529. The van der Waals surface area contributed by atoms with Crippen LogP contribution in [0.3, 0.4) is 0 Å². The minimum atomic E-state index is -4.43. The Labute approximate surface area is 148 Å². The Hall–Kier alpha value is -1.94. The van der Waals surface area contributed by atoms with Gasteiger partial charge in [0.1, 0.15) is 12.6 Å². The molecule has 3 rings (SSSR count). The van der Waals surface area contributed by atoms with Crippen molar-refractivity contribution in [3.8, 4) is 6.07 Å². The van der Waals surface area contributed by atoms with Crippen LogP contribution >= 0.6 is 11.6 Å². The van der Waals surface area contributed by atoms with Crippen molar-refractivity contribution < 1.29 is 18.0 Å². The molecule has 25 heavy (non-hydrogen) atoms. The number of carbonyl (C=O) groups is 1. The molecule has 134 valence electrons. The molecule has 1 heterocycles. The van der Waals surface area contributed by atoms with Crippen molar-refractivity contribution >= 4 is 23.2 Å². The first-order valence-electron chi connectivity index (χ1n) is 8.09. The highest BCUT2D eigenvalue weighted by molar-refractivity contribution is 6.21. The van der Waals surface area contributed by atoms with Gasteiger partial charge in [-0.2, -0.15) is 18.4 Å². The summed E-state index contributed by atoms with van der Waals surface area (Å²) in [7, 11) is 0. The van der Waals surface area contributed by atoms with E-state index in [1.807, 2.05) is 6.07 Å². The van der Waals surface area contributed by atoms with Gasteiger partial charge in [0.2, 0.25) is 5.91 Å². The lowest BCUT2D eigenvalue weighted by Gasteiger charge is -2.42. The lowest BCUT2D eigenvalue weighted by Crippen LogP contribution is -2.55. The van der Waals surface area contributed by atoms with Crippen LogP contribution in [0, 0.1) is 11.3 Å². The minimum Gasteiger partial charge on any atom is -0.373 e. The van der Waals surface area contributed by atoms with Crippen LogP contribution < -0.4 is 5.32 Å². The number of benzene rings is 1. The highest BCUT2D eigenvalue weighted by atomic mass is 35.5. The number of carbonyl (C=O) groups excluding carboxylic acids is 1. The number of amides is 1. The van der Waals surface area contributed by atoms with Crippen LogP contribution in [0.2, 0.25) is 0 Å². The van der Waals surface area contributed by atoms with Crippen LogP contribution in [0.15, 0.2) is 18.2 Å². The highest BCUT2D eigenvalue weighted by Crippen LogP contribution is 2.36. The summed E-state index contributed by atoms with van der Waals surface area (Å²) in [5.41, 5.74) is 0.329. The molecule has 1 aromatic carbocycles. The maximum Gasteiger partial charge on any atom is 0.416 e. The molecule has 1 aliphatic carbocycles. The molecule has 3 atom stereocenters. The van der Waals surface area contributed by atoms with Gasteiger partial charge in [-0.25, -0.2) is 0 Å². The van der Waals surface area contributed by atoms with Gasteiger partial charge in [0.15, 0.2) is 0 Å². The van der Waals surface area contributed by atoms with Crippen molar-refractivity contribution in [1.29, 1.82) is 5.26 Å². The third-order valence-corrected chi connectivity index (χ3v) is 5.36. The maximum atomic E-state index is 12.9. The average Bonchev–Trinajstić information content (AvgIpc) is 2.57. The second-order valence-corrected chi connectivity index (χ2v) is 6.95. The minimum absolute atomic E-state index is 0.0691. The Bertz CT molecular complexity index is 716. The number of nitriles is 1. The fourth-order valence-electron chi connectivity index (χ4n) is 3.28. The quantitative estimate of drug-likeness (QED) is 0.653. The predicted octanol–water partition coefficient (Wildman–Crippen LogP) is 3.55. The van der Waals surface area contributed by atoms with Crippen LogP contribution in [0.4, 0.5) is 18.9 Å². The van der Waals surface area contributed by atoms with Crippen molar-refractivity contribution in [2.24, 2.45) is 0 Å². The van der Waals surface area contributed by atoms with E-state index in [1.165, 1.54) is 11.0 Å². The van der Waals surface area contributed by atoms with E-state index in [0.29, 0.717) is 18.5 Å². The Morgan fingerprint density at radius 1 is 1.36 bits per heavy atom. The van der Waals surface area contributed by atoms with Gasteiger partial charge in [-0.15, -0.1) is 11.6 Å². The molecule has 8 heteroatoms. The SMILES string of the molecule is N#CCN(C(=O)C1CCc2ccc(C(F)(F)F)cc2N1)C1CCC1Cl. The first-order chi connectivity index (χ1) is 11.8. The molecule has 0 bridgehead atoms. The van der Waals surface area contributed by atoms with E-state index < -0.39 is 17.8 Å². The monoisotopic (exact) mass is 371 g/mol. The first kappa shape index (κ1) is 17.9. The Kier molecular flexibility index (Phi) is 4.83. The second kappa shape index (κ2) is 6.75. The van der Waals surface area contributed by atoms with Gasteiger partial charge in [-0.3, -0.25) is 4.79 Å². The number of hydrogen-bond acceptors (Lipinski definition) is 3. The number of nitrogens with one attached hydrogen (secondary N) is 1. The van der Waals surface area contributed by atoms with E-state index in [2.05, 4.69) is 5.32 Å². The lowest BCUT2D eigenvalue weighted by atomic mass is 9.89. The number of rotatable bonds is 3. The summed E-state index contributed by atoms with van der Waals surface area (Å²) in [5.74, 6) is -0.278. The van der Waals surface area contributed by atoms with Crippen LogP contribution in [0.5, 0.6) is 0 Å². The molecular weight excluding hydrogens is 355 g/mol. The molecule has 1 fully saturated rings. The summed E-state index contributed by atoms with van der Waals surface area (Å²) in [6.07, 6.45) is -1.93. The molecule has 0 saturated heterocycles. The van der Waals surface area contributed by atoms with Crippen LogP contribution in [-0.4, -0.2) is 34.8 Å². The molecule has 0 spiro atoms. The zero-order valence-corrected chi connectivity index (χ0v) is 14.1. The van der Waals surface area contributed by atoms with Crippen molar-refractivity contribution in [2.45, 2.75) is 49.3 Å². The number of alkyl halides is 4. The molecule has 3 unspecified atom stereocenters. The third-order valence-electron chi connectivity index (χ3n) is 4.85. The van der Waals surface area contributed by atoms with E-state index in [1.54, 1.807) is 0 Å². The number of fused-ring (bicyclic) bond motifs is 1. The maximum absolute atomic E-state index is 12.9. The first-order valence-corrected chi connectivity index (χ1v) is 8.53. The van der Waals surface area contributed by atoms with E-state index >= 15 is 0 Å². The summed E-state index contributed by atoms with van der Waals surface area (Å²) in [6, 6.07) is 4.68. The summed E-state index contributed by atoms with van der Waals surface area (Å²) in [6.45, 7) is -0.0691. The van der Waals surface area contributed by atoms with Crippen molar-refractivity contribution in [3.63, 3.8) is 0 Å². The van der Waals surface area contributed by atoms with E-state index in [9.17, 15) is 18.0 Å². The smallest absolute Gasteiger partial charge is 0.373 e. The average molecular weight is 372 g/mol. The lowest BCUT2D eigenvalue weighted by molar-refractivity contribution is -0.137. The molecule has 1 N–H and O–H groups in total. The molecule has 0 aromatic heterocycles. The number of anilines is 1. The molecule has 2 aliphatic rings. The zero-order chi connectivity index (χ0) is 18.2.